The van der Waals surface area contributed by atoms with Crippen LogP contribution in [0.2, 0.25) is 0 Å². The maximum absolute atomic E-state index is 12.1. The fourth-order valence-corrected chi connectivity index (χ4v) is 2.54. The third-order valence-corrected chi connectivity index (χ3v) is 3.75. The number of benzene rings is 2. The number of ether oxygens (including phenoxy) is 1. The molecule has 0 aliphatic carbocycles. The second-order valence-corrected chi connectivity index (χ2v) is 6.19. The van der Waals surface area contributed by atoms with Crippen LogP contribution in [0.25, 0.3) is 0 Å². The second-order valence-electron chi connectivity index (χ2n) is 5.33. The van der Waals surface area contributed by atoms with Crippen molar-refractivity contribution < 1.29 is 24.2 Å². The first-order valence-electron chi connectivity index (χ1n) is 7.70. The van der Waals surface area contributed by atoms with Gasteiger partial charge in [-0.05, 0) is 57.9 Å². The normalized spacial score (nSPS) is 10.4. The molecule has 2 aromatic carbocycles. The number of hydrogen-bond donors (Lipinski definition) is 3. The van der Waals surface area contributed by atoms with Crippen molar-refractivity contribution in [3.8, 4) is 5.75 Å². The third kappa shape index (κ3) is 6.55. The predicted molar refractivity (Wildman–Crippen MR) is 103 cm³/mol. The maximum Gasteiger partial charge on any atom is 0.341 e. The molecule has 2 rings (SSSR count). The number of hydrogen-bond acceptors (Lipinski definition) is 5. The first-order valence-corrected chi connectivity index (χ1v) is 8.49. The van der Waals surface area contributed by atoms with Gasteiger partial charge in [0.05, 0.1) is 10.7 Å². The van der Waals surface area contributed by atoms with E-state index in [1.807, 2.05) is 0 Å². The van der Waals surface area contributed by atoms with E-state index in [9.17, 15) is 14.4 Å². The number of hydrazone groups is 1. The molecule has 27 heavy (non-hydrogen) atoms. The van der Waals surface area contributed by atoms with E-state index in [-0.39, 0.29) is 5.91 Å². The van der Waals surface area contributed by atoms with Crippen LogP contribution in [0.5, 0.6) is 5.75 Å². The minimum absolute atomic E-state index is 0.230. The summed E-state index contributed by atoms with van der Waals surface area (Å²) in [5.41, 5.74) is 3.92. The summed E-state index contributed by atoms with van der Waals surface area (Å²) in [5, 5.41) is 15.1. The lowest BCUT2D eigenvalue weighted by Gasteiger charge is -2.06. The molecule has 0 atom stereocenters. The van der Waals surface area contributed by atoms with Gasteiger partial charge in [0, 0.05) is 18.2 Å². The van der Waals surface area contributed by atoms with Gasteiger partial charge in [-0.1, -0.05) is 6.07 Å². The Kier molecular flexibility index (Phi) is 7.07. The number of aliphatic carboxylic acids is 1. The van der Waals surface area contributed by atoms with Crippen molar-refractivity contribution in [1.82, 2.24) is 5.43 Å². The van der Waals surface area contributed by atoms with Gasteiger partial charge in [-0.15, -0.1) is 0 Å². The number of nitrogens with one attached hydrogen (secondary N) is 2. The summed E-state index contributed by atoms with van der Waals surface area (Å²) >= 11 is 3.28. The number of rotatable bonds is 7. The van der Waals surface area contributed by atoms with Crippen molar-refractivity contribution in [1.29, 1.82) is 0 Å². The van der Waals surface area contributed by atoms with Crippen LogP contribution in [0.3, 0.4) is 0 Å². The number of carboxylic acids is 1. The topological polar surface area (TPSA) is 117 Å². The summed E-state index contributed by atoms with van der Waals surface area (Å²) in [6.07, 6.45) is 1.43. The molecule has 0 saturated carbocycles. The zero-order valence-electron chi connectivity index (χ0n) is 14.2. The standard InChI is InChI=1S/C18H16BrN3O5/c1-11(23)21-14-4-2-3-13(8-14)18(26)22-20-9-12-5-6-16(15(19)7-12)27-10-17(24)25/h2-9H,10H2,1H3,(H,21,23)(H,22,26)(H,24,25)/b20-9+. The van der Waals surface area contributed by atoms with Crippen LogP contribution in [0.4, 0.5) is 5.69 Å². The molecule has 0 aliphatic heterocycles. The van der Waals surface area contributed by atoms with E-state index in [1.165, 1.54) is 19.2 Å². The summed E-state index contributed by atoms with van der Waals surface area (Å²) < 4.78 is 5.66. The van der Waals surface area contributed by atoms with Gasteiger partial charge in [0.25, 0.3) is 5.91 Å². The van der Waals surface area contributed by atoms with Crippen LogP contribution in [0, 0.1) is 0 Å². The maximum atomic E-state index is 12.1. The highest BCUT2D eigenvalue weighted by atomic mass is 79.9. The Morgan fingerprint density at radius 3 is 2.67 bits per heavy atom. The molecule has 0 aliphatic rings. The third-order valence-electron chi connectivity index (χ3n) is 3.13. The van der Waals surface area contributed by atoms with E-state index in [0.717, 1.165) is 0 Å². The van der Waals surface area contributed by atoms with Crippen molar-refractivity contribution in [2.24, 2.45) is 5.10 Å². The molecule has 0 radical (unpaired) electrons. The SMILES string of the molecule is CC(=O)Nc1cccc(C(=O)N/N=C/c2ccc(OCC(=O)O)c(Br)c2)c1. The largest absolute Gasteiger partial charge is 0.481 e. The van der Waals surface area contributed by atoms with E-state index >= 15 is 0 Å². The number of nitrogens with zero attached hydrogens (tertiary/aromatic N) is 1. The highest BCUT2D eigenvalue weighted by Crippen LogP contribution is 2.25. The summed E-state index contributed by atoms with van der Waals surface area (Å²) in [7, 11) is 0. The lowest BCUT2D eigenvalue weighted by atomic mass is 10.2. The van der Waals surface area contributed by atoms with Gasteiger partial charge < -0.3 is 15.2 Å². The second kappa shape index (κ2) is 9.48. The molecular formula is C18H16BrN3O5. The van der Waals surface area contributed by atoms with E-state index < -0.39 is 18.5 Å². The Bertz CT molecular complexity index is 898. The van der Waals surface area contributed by atoms with Crippen molar-refractivity contribution in [2.75, 3.05) is 11.9 Å². The van der Waals surface area contributed by atoms with E-state index in [0.29, 0.717) is 27.0 Å². The molecule has 2 aromatic rings. The summed E-state index contributed by atoms with van der Waals surface area (Å²) in [6.45, 7) is 0.937. The van der Waals surface area contributed by atoms with Gasteiger partial charge in [0.1, 0.15) is 5.75 Å². The number of carbonyl (C=O) groups excluding carboxylic acids is 2. The van der Waals surface area contributed by atoms with Gasteiger partial charge >= 0.3 is 5.97 Å². The van der Waals surface area contributed by atoms with Gasteiger partial charge in [0.2, 0.25) is 5.91 Å². The molecule has 9 heteroatoms. The molecule has 2 amide bonds. The Balaban J connectivity index is 1.98. The number of amides is 2. The Morgan fingerprint density at radius 2 is 2.00 bits per heavy atom. The first-order chi connectivity index (χ1) is 12.8. The fraction of sp³-hybridized carbons (Fsp3) is 0.111. The smallest absolute Gasteiger partial charge is 0.341 e. The predicted octanol–water partition coefficient (Wildman–Crippen LogP) is 2.63. The minimum Gasteiger partial charge on any atom is -0.481 e. The number of halogens is 1. The van der Waals surface area contributed by atoms with Gasteiger partial charge in [0.15, 0.2) is 6.61 Å². The van der Waals surface area contributed by atoms with Gasteiger partial charge in [-0.3, -0.25) is 9.59 Å². The molecule has 0 saturated heterocycles. The highest BCUT2D eigenvalue weighted by Gasteiger charge is 2.07. The van der Waals surface area contributed by atoms with Crippen molar-refractivity contribution >= 4 is 45.6 Å². The highest BCUT2D eigenvalue weighted by molar-refractivity contribution is 9.10. The van der Waals surface area contributed by atoms with E-state index in [4.69, 9.17) is 9.84 Å². The van der Waals surface area contributed by atoms with Crippen molar-refractivity contribution in [3.05, 3.63) is 58.1 Å². The van der Waals surface area contributed by atoms with Crippen LogP contribution in [-0.2, 0) is 9.59 Å². The van der Waals surface area contributed by atoms with Crippen molar-refractivity contribution in [2.45, 2.75) is 6.92 Å². The van der Waals surface area contributed by atoms with Crippen LogP contribution in [0.15, 0.2) is 52.0 Å². The van der Waals surface area contributed by atoms with E-state index in [1.54, 1.807) is 36.4 Å². The van der Waals surface area contributed by atoms with Gasteiger partial charge in [-0.25, -0.2) is 10.2 Å². The van der Waals surface area contributed by atoms with Crippen LogP contribution < -0.4 is 15.5 Å². The number of carbonyl (C=O) groups is 3. The van der Waals surface area contributed by atoms with Crippen LogP contribution in [0.1, 0.15) is 22.8 Å². The van der Waals surface area contributed by atoms with Crippen LogP contribution in [-0.4, -0.2) is 35.7 Å². The minimum atomic E-state index is -1.07. The molecule has 0 unspecified atom stereocenters. The molecule has 0 fully saturated rings. The van der Waals surface area contributed by atoms with E-state index in [2.05, 4.69) is 31.8 Å². The van der Waals surface area contributed by atoms with Crippen molar-refractivity contribution in [3.63, 3.8) is 0 Å². The number of anilines is 1. The average Bonchev–Trinajstić information content (AvgIpc) is 2.60. The first kappa shape index (κ1) is 20.1. The Hall–Kier alpha value is -3.20. The molecule has 140 valence electrons. The molecule has 0 spiro atoms. The lowest BCUT2D eigenvalue weighted by Crippen LogP contribution is -2.18. The molecule has 0 heterocycles. The molecule has 3 N–H and O–H groups in total. The zero-order valence-corrected chi connectivity index (χ0v) is 15.8. The quantitative estimate of drug-likeness (QED) is 0.458. The molecular weight excluding hydrogens is 418 g/mol. The molecule has 0 aromatic heterocycles. The fourth-order valence-electron chi connectivity index (χ4n) is 2.03. The summed E-state index contributed by atoms with van der Waals surface area (Å²) in [5.74, 6) is -1.35. The van der Waals surface area contributed by atoms with Gasteiger partial charge in [-0.2, -0.15) is 5.10 Å². The monoisotopic (exact) mass is 433 g/mol. The Labute approximate surface area is 163 Å². The molecule has 8 nitrogen and oxygen atoms in total. The summed E-state index contributed by atoms with van der Waals surface area (Å²) in [6, 6.07) is 11.4. The number of carboxylic acid groups (broad SMARTS) is 1. The Morgan fingerprint density at radius 1 is 1.22 bits per heavy atom. The molecule has 0 bridgehead atoms. The zero-order chi connectivity index (χ0) is 19.8. The lowest BCUT2D eigenvalue weighted by molar-refractivity contribution is -0.139. The van der Waals surface area contributed by atoms with Crippen LogP contribution >= 0.6 is 15.9 Å². The average molecular weight is 434 g/mol. The summed E-state index contributed by atoms with van der Waals surface area (Å²) in [4.78, 5) is 33.7.